The van der Waals surface area contributed by atoms with Crippen LogP contribution in [0.1, 0.15) is 37.5 Å². The molecule has 0 amide bonds. The van der Waals surface area contributed by atoms with Crippen molar-refractivity contribution in [1.29, 1.82) is 0 Å². The number of benzene rings is 2. The maximum absolute atomic E-state index is 10.5. The number of hydrogen-bond acceptors (Lipinski definition) is 4. The number of rotatable bonds is 6. The van der Waals surface area contributed by atoms with Crippen LogP contribution < -0.4 is 0 Å². The van der Waals surface area contributed by atoms with Crippen LogP contribution in [0, 0.1) is 0 Å². The van der Waals surface area contributed by atoms with Gasteiger partial charge < -0.3 is 14.6 Å². The van der Waals surface area contributed by atoms with Crippen molar-refractivity contribution in [3.8, 4) is 11.3 Å². The van der Waals surface area contributed by atoms with Crippen molar-refractivity contribution in [2.45, 2.75) is 39.3 Å². The number of aliphatic hydroxyl groups excluding tert-OH is 1. The van der Waals surface area contributed by atoms with Crippen LogP contribution in [0.5, 0.6) is 0 Å². The van der Waals surface area contributed by atoms with Gasteiger partial charge in [-0.15, -0.1) is 0 Å². The third-order valence-corrected chi connectivity index (χ3v) is 6.60. The van der Waals surface area contributed by atoms with Gasteiger partial charge in [-0.1, -0.05) is 26.0 Å². The summed E-state index contributed by atoms with van der Waals surface area (Å²) in [5, 5.41) is 21.4. The van der Waals surface area contributed by atoms with E-state index in [2.05, 4.69) is 63.8 Å². The van der Waals surface area contributed by atoms with Crippen LogP contribution >= 0.6 is 0 Å². The van der Waals surface area contributed by atoms with Crippen LogP contribution in [-0.2, 0) is 13.0 Å². The second-order valence-corrected chi connectivity index (χ2v) is 8.10. The first-order chi connectivity index (χ1) is 14.7. The van der Waals surface area contributed by atoms with Gasteiger partial charge in [-0.05, 0) is 67.4 Å². The first-order valence-electron chi connectivity index (χ1n) is 11.0. The molecule has 0 bridgehead atoms. The van der Waals surface area contributed by atoms with E-state index in [4.69, 9.17) is 0 Å². The van der Waals surface area contributed by atoms with Gasteiger partial charge in [0.2, 0.25) is 0 Å². The van der Waals surface area contributed by atoms with Crippen molar-refractivity contribution in [2.24, 2.45) is 0 Å². The zero-order valence-electron chi connectivity index (χ0n) is 17.7. The van der Waals surface area contributed by atoms with Crippen LogP contribution in [0.4, 0.5) is 0 Å². The number of aryl methyl sites for hydroxylation is 1. The lowest BCUT2D eigenvalue weighted by molar-refractivity contribution is 0.180. The quantitative estimate of drug-likeness (QED) is 0.515. The van der Waals surface area contributed by atoms with E-state index in [9.17, 15) is 5.11 Å². The Bertz CT molecular complexity index is 1190. The summed E-state index contributed by atoms with van der Waals surface area (Å²) in [5.74, 6) is 0. The SMILES string of the molecule is CCN(CC)CCn1c2ccc(-c3cccnn3)cc2c2c3c(ccc21)C(O)CC3. The molecular weight excluding hydrogens is 372 g/mol. The van der Waals surface area contributed by atoms with E-state index in [0.29, 0.717) is 0 Å². The topological polar surface area (TPSA) is 54.2 Å². The maximum atomic E-state index is 10.5. The highest BCUT2D eigenvalue weighted by atomic mass is 16.3. The largest absolute Gasteiger partial charge is 0.388 e. The summed E-state index contributed by atoms with van der Waals surface area (Å²) < 4.78 is 2.45. The van der Waals surface area contributed by atoms with E-state index >= 15 is 0 Å². The van der Waals surface area contributed by atoms with Gasteiger partial charge in [-0.3, -0.25) is 0 Å². The summed E-state index contributed by atoms with van der Waals surface area (Å²) in [6, 6.07) is 14.9. The van der Waals surface area contributed by atoms with Gasteiger partial charge in [0.1, 0.15) is 0 Å². The molecule has 0 spiro atoms. The minimum atomic E-state index is -0.346. The highest BCUT2D eigenvalue weighted by Gasteiger charge is 2.25. The van der Waals surface area contributed by atoms with Gasteiger partial charge in [-0.25, -0.2) is 0 Å². The van der Waals surface area contributed by atoms with E-state index in [1.54, 1.807) is 6.20 Å². The van der Waals surface area contributed by atoms with Crippen LogP contribution in [-0.4, -0.2) is 44.4 Å². The molecule has 1 atom stereocenters. The summed E-state index contributed by atoms with van der Waals surface area (Å²) in [5.41, 5.74) is 6.88. The molecule has 1 N–H and O–H groups in total. The maximum Gasteiger partial charge on any atom is 0.0929 e. The number of fused-ring (bicyclic) bond motifs is 5. The molecule has 0 saturated carbocycles. The van der Waals surface area contributed by atoms with Gasteiger partial charge in [0.05, 0.1) is 11.8 Å². The Morgan fingerprint density at radius 1 is 1.10 bits per heavy atom. The van der Waals surface area contributed by atoms with Crippen molar-refractivity contribution < 1.29 is 5.11 Å². The molecule has 154 valence electrons. The first-order valence-corrected chi connectivity index (χ1v) is 11.0. The summed E-state index contributed by atoms with van der Waals surface area (Å²) in [4.78, 5) is 2.46. The molecule has 2 heterocycles. The number of aliphatic hydroxyl groups is 1. The van der Waals surface area contributed by atoms with E-state index < -0.39 is 0 Å². The minimum Gasteiger partial charge on any atom is -0.388 e. The summed E-state index contributed by atoms with van der Waals surface area (Å²) in [7, 11) is 0. The Balaban J connectivity index is 1.72. The number of hydrogen-bond donors (Lipinski definition) is 1. The number of aromatic nitrogens is 3. The fraction of sp³-hybridized carbons (Fsp3) is 0.360. The fourth-order valence-corrected chi connectivity index (χ4v) is 4.93. The third kappa shape index (κ3) is 3.09. The predicted molar refractivity (Wildman–Crippen MR) is 122 cm³/mol. The van der Waals surface area contributed by atoms with E-state index in [1.807, 2.05) is 12.1 Å². The number of likely N-dealkylation sites (N-methyl/N-ethyl adjacent to an activating group) is 1. The lowest BCUT2D eigenvalue weighted by atomic mass is 10.0. The molecule has 5 nitrogen and oxygen atoms in total. The van der Waals surface area contributed by atoms with Crippen molar-refractivity contribution in [1.82, 2.24) is 19.7 Å². The van der Waals surface area contributed by atoms with E-state index in [-0.39, 0.29) is 6.10 Å². The van der Waals surface area contributed by atoms with Crippen LogP contribution in [0.2, 0.25) is 0 Å². The van der Waals surface area contributed by atoms with Crippen molar-refractivity contribution in [3.63, 3.8) is 0 Å². The second kappa shape index (κ2) is 7.82. The van der Waals surface area contributed by atoms with Gasteiger partial charge in [0.25, 0.3) is 0 Å². The molecule has 5 rings (SSSR count). The fourth-order valence-electron chi connectivity index (χ4n) is 4.93. The molecule has 0 fully saturated rings. The Morgan fingerprint density at radius 3 is 2.70 bits per heavy atom. The molecule has 30 heavy (non-hydrogen) atoms. The molecule has 2 aromatic heterocycles. The first kappa shape index (κ1) is 19.2. The lowest BCUT2D eigenvalue weighted by Crippen LogP contribution is -2.26. The summed E-state index contributed by atoms with van der Waals surface area (Å²) in [6.07, 6.45) is 3.10. The standard InChI is InChI=1S/C25H28N4O/c1-3-28(4-2)14-15-29-22-10-7-17(21-6-5-13-26-27-21)16-20(22)25-19-9-12-24(30)18(19)8-11-23(25)29/h5-8,10-11,13,16,24,30H,3-4,9,12,14-15H2,1-2H3. The van der Waals surface area contributed by atoms with Gasteiger partial charge in [-0.2, -0.15) is 10.2 Å². The second-order valence-electron chi connectivity index (χ2n) is 8.10. The van der Waals surface area contributed by atoms with Gasteiger partial charge in [0.15, 0.2) is 0 Å². The van der Waals surface area contributed by atoms with Crippen molar-refractivity contribution >= 4 is 21.8 Å². The van der Waals surface area contributed by atoms with Gasteiger partial charge in [0, 0.05) is 46.7 Å². The molecule has 0 aliphatic heterocycles. The predicted octanol–water partition coefficient (Wildman–Crippen LogP) is 4.57. The van der Waals surface area contributed by atoms with Crippen LogP contribution in [0.3, 0.4) is 0 Å². The smallest absolute Gasteiger partial charge is 0.0929 e. The van der Waals surface area contributed by atoms with E-state index in [1.165, 1.54) is 27.4 Å². The van der Waals surface area contributed by atoms with Crippen LogP contribution in [0.15, 0.2) is 48.7 Å². The average Bonchev–Trinajstić information content (AvgIpc) is 3.32. The average molecular weight is 401 g/mol. The highest BCUT2D eigenvalue weighted by Crippen LogP contribution is 2.41. The molecule has 1 aliphatic carbocycles. The molecule has 1 unspecified atom stereocenters. The van der Waals surface area contributed by atoms with Gasteiger partial charge >= 0.3 is 0 Å². The molecule has 5 heteroatoms. The molecule has 0 radical (unpaired) electrons. The Kier molecular flexibility index (Phi) is 5.01. The van der Waals surface area contributed by atoms with Crippen molar-refractivity contribution in [3.05, 3.63) is 59.8 Å². The molecule has 4 aromatic rings. The summed E-state index contributed by atoms with van der Waals surface area (Å²) >= 11 is 0. The van der Waals surface area contributed by atoms with Crippen molar-refractivity contribution in [2.75, 3.05) is 19.6 Å². The highest BCUT2D eigenvalue weighted by molar-refractivity contribution is 6.11. The molecule has 0 saturated heterocycles. The number of nitrogens with zero attached hydrogens (tertiary/aromatic N) is 4. The zero-order chi connectivity index (χ0) is 20.7. The molecular formula is C25H28N4O. The zero-order valence-corrected chi connectivity index (χ0v) is 17.7. The molecule has 1 aliphatic rings. The monoisotopic (exact) mass is 400 g/mol. The Morgan fingerprint density at radius 2 is 1.93 bits per heavy atom. The third-order valence-electron chi connectivity index (χ3n) is 6.60. The Labute approximate surface area is 177 Å². The van der Waals surface area contributed by atoms with E-state index in [0.717, 1.165) is 55.8 Å². The summed E-state index contributed by atoms with van der Waals surface area (Å²) in [6.45, 7) is 8.54. The Hall–Kier alpha value is -2.76. The van der Waals surface area contributed by atoms with Crippen LogP contribution in [0.25, 0.3) is 33.1 Å². The normalized spacial score (nSPS) is 16.1. The lowest BCUT2D eigenvalue weighted by Gasteiger charge is -2.19. The minimum absolute atomic E-state index is 0.346. The molecule has 2 aromatic carbocycles.